The van der Waals surface area contributed by atoms with Crippen LogP contribution >= 0.6 is 11.6 Å². The molecule has 3 heterocycles. The molecule has 1 aliphatic heterocycles. The molecule has 3 rings (SSSR count). The average molecular weight is 310 g/mol. The van der Waals surface area contributed by atoms with Crippen LogP contribution in [0, 0.1) is 0 Å². The summed E-state index contributed by atoms with van der Waals surface area (Å²) in [5.74, 6) is 0.759. The summed E-state index contributed by atoms with van der Waals surface area (Å²) in [5, 5.41) is 9.30. The van der Waals surface area contributed by atoms with E-state index in [0.29, 0.717) is 19.6 Å². The van der Waals surface area contributed by atoms with Gasteiger partial charge in [-0.1, -0.05) is 0 Å². The monoisotopic (exact) mass is 309 g/mol. The predicted molar refractivity (Wildman–Crippen MR) is 79.9 cm³/mol. The maximum atomic E-state index is 11.1. The highest BCUT2D eigenvalue weighted by atomic mass is 35.5. The van der Waals surface area contributed by atoms with Crippen LogP contribution in [0.15, 0.2) is 12.3 Å². The minimum Gasteiger partial charge on any atom is -0.465 e. The van der Waals surface area contributed by atoms with Crippen LogP contribution in [-0.4, -0.2) is 56.3 Å². The Kier molecular flexibility index (Phi) is 3.36. The molecule has 0 aromatic carbocycles. The van der Waals surface area contributed by atoms with Crippen LogP contribution in [0.25, 0.3) is 11.0 Å². The van der Waals surface area contributed by atoms with Gasteiger partial charge < -0.3 is 19.5 Å². The highest BCUT2D eigenvalue weighted by molar-refractivity contribution is 6.28. The number of fused-ring (bicyclic) bond motifs is 1. The van der Waals surface area contributed by atoms with Crippen molar-refractivity contribution >= 4 is 34.5 Å². The van der Waals surface area contributed by atoms with Gasteiger partial charge in [-0.2, -0.15) is 4.98 Å². The third-order valence-corrected chi connectivity index (χ3v) is 4.01. The van der Waals surface area contributed by atoms with Crippen molar-refractivity contribution in [2.75, 3.05) is 24.5 Å². The summed E-state index contributed by atoms with van der Waals surface area (Å²) in [6, 6.07) is 1.92. The van der Waals surface area contributed by atoms with Crippen LogP contribution in [0.2, 0.25) is 5.28 Å². The van der Waals surface area contributed by atoms with Crippen LogP contribution in [-0.2, 0) is 7.05 Å². The highest BCUT2D eigenvalue weighted by Crippen LogP contribution is 2.28. The Morgan fingerprint density at radius 1 is 1.43 bits per heavy atom. The Morgan fingerprint density at radius 2 is 2.19 bits per heavy atom. The number of nitrogens with zero attached hydrogens (tertiary/aromatic N) is 5. The van der Waals surface area contributed by atoms with Gasteiger partial charge >= 0.3 is 6.09 Å². The van der Waals surface area contributed by atoms with Gasteiger partial charge in [0.25, 0.3) is 0 Å². The fraction of sp³-hybridized carbons (Fsp3) is 0.462. The lowest BCUT2D eigenvalue weighted by Crippen LogP contribution is -2.53. The lowest BCUT2D eigenvalue weighted by atomic mass is 10.2. The number of hydrogen-bond acceptors (Lipinski definition) is 4. The maximum absolute atomic E-state index is 11.1. The second kappa shape index (κ2) is 5.07. The van der Waals surface area contributed by atoms with Crippen LogP contribution in [0.1, 0.15) is 6.92 Å². The molecule has 1 amide bonds. The molecule has 0 aliphatic carbocycles. The number of anilines is 1. The zero-order valence-electron chi connectivity index (χ0n) is 11.8. The maximum Gasteiger partial charge on any atom is 0.407 e. The van der Waals surface area contributed by atoms with Crippen molar-refractivity contribution in [3.63, 3.8) is 0 Å². The topological polar surface area (TPSA) is 74.5 Å². The first kappa shape index (κ1) is 13.9. The van der Waals surface area contributed by atoms with E-state index in [4.69, 9.17) is 16.7 Å². The van der Waals surface area contributed by atoms with E-state index < -0.39 is 6.09 Å². The van der Waals surface area contributed by atoms with E-state index in [1.807, 2.05) is 30.8 Å². The number of rotatable bonds is 1. The summed E-state index contributed by atoms with van der Waals surface area (Å²) in [5.41, 5.74) is 1.70. The predicted octanol–water partition coefficient (Wildman–Crippen LogP) is 1.81. The van der Waals surface area contributed by atoms with Gasteiger partial charge in [0.1, 0.15) is 5.52 Å². The van der Waals surface area contributed by atoms with E-state index in [2.05, 4.69) is 14.9 Å². The number of hydrogen-bond donors (Lipinski definition) is 1. The van der Waals surface area contributed by atoms with Gasteiger partial charge in [-0.3, -0.25) is 0 Å². The van der Waals surface area contributed by atoms with E-state index in [-0.39, 0.29) is 11.3 Å². The van der Waals surface area contributed by atoms with Crippen molar-refractivity contribution in [2.45, 2.75) is 13.0 Å². The molecule has 8 heteroatoms. The summed E-state index contributed by atoms with van der Waals surface area (Å²) in [4.78, 5) is 23.2. The molecule has 0 spiro atoms. The van der Waals surface area contributed by atoms with Gasteiger partial charge in [-0.25, -0.2) is 9.78 Å². The Hall–Kier alpha value is -2.02. The Balaban J connectivity index is 2.01. The number of halogens is 1. The fourth-order valence-corrected chi connectivity index (χ4v) is 2.96. The first-order valence-corrected chi connectivity index (χ1v) is 7.08. The van der Waals surface area contributed by atoms with Gasteiger partial charge in [0.15, 0.2) is 5.82 Å². The van der Waals surface area contributed by atoms with E-state index >= 15 is 0 Å². The first-order valence-electron chi connectivity index (χ1n) is 6.70. The first-order chi connectivity index (χ1) is 9.97. The molecule has 2 aromatic heterocycles. The lowest BCUT2D eigenvalue weighted by Gasteiger charge is -2.39. The molecule has 1 atom stereocenters. The largest absolute Gasteiger partial charge is 0.465 e. The van der Waals surface area contributed by atoms with E-state index in [1.165, 1.54) is 4.90 Å². The van der Waals surface area contributed by atoms with E-state index in [1.54, 1.807) is 0 Å². The van der Waals surface area contributed by atoms with Gasteiger partial charge in [0.05, 0.1) is 5.52 Å². The molecule has 7 nitrogen and oxygen atoms in total. The summed E-state index contributed by atoms with van der Waals surface area (Å²) >= 11 is 6.02. The van der Waals surface area contributed by atoms with Gasteiger partial charge in [-0.05, 0) is 24.6 Å². The molecule has 2 aromatic rings. The summed E-state index contributed by atoms with van der Waals surface area (Å²) in [6.07, 6.45) is 1.03. The number of carboxylic acid groups (broad SMARTS) is 1. The van der Waals surface area contributed by atoms with E-state index in [0.717, 1.165) is 16.9 Å². The Bertz CT molecular complexity index is 701. The summed E-state index contributed by atoms with van der Waals surface area (Å²) in [7, 11) is 1.93. The molecule has 1 aliphatic rings. The van der Waals surface area contributed by atoms with Gasteiger partial charge in [-0.15, -0.1) is 0 Å². The quantitative estimate of drug-likeness (QED) is 0.813. The van der Waals surface area contributed by atoms with Crippen molar-refractivity contribution in [3.8, 4) is 0 Å². The molecule has 1 N–H and O–H groups in total. The number of carbonyl (C=O) groups is 1. The molecule has 112 valence electrons. The van der Waals surface area contributed by atoms with Crippen molar-refractivity contribution < 1.29 is 9.90 Å². The van der Waals surface area contributed by atoms with Crippen LogP contribution < -0.4 is 4.90 Å². The van der Waals surface area contributed by atoms with Crippen LogP contribution in [0.4, 0.5) is 10.6 Å². The van der Waals surface area contributed by atoms with Gasteiger partial charge in [0.2, 0.25) is 5.28 Å². The Labute approximate surface area is 126 Å². The zero-order chi connectivity index (χ0) is 15.1. The SMILES string of the molecule is C[C@H]1CN(C(=O)O)CCN1c1nc(Cl)nc2ccn(C)c12. The van der Waals surface area contributed by atoms with Gasteiger partial charge in [0, 0.05) is 38.9 Å². The number of piperazine rings is 1. The summed E-state index contributed by atoms with van der Waals surface area (Å²) in [6.45, 7) is 3.47. The van der Waals surface area contributed by atoms with Crippen molar-refractivity contribution in [1.29, 1.82) is 0 Å². The van der Waals surface area contributed by atoms with Crippen molar-refractivity contribution in [3.05, 3.63) is 17.5 Å². The molecular weight excluding hydrogens is 294 g/mol. The number of amides is 1. The molecule has 0 unspecified atom stereocenters. The van der Waals surface area contributed by atoms with Crippen molar-refractivity contribution in [2.24, 2.45) is 7.05 Å². The molecule has 0 radical (unpaired) electrons. The molecule has 1 saturated heterocycles. The smallest absolute Gasteiger partial charge is 0.407 e. The minimum absolute atomic E-state index is 0.0268. The minimum atomic E-state index is -0.883. The Morgan fingerprint density at radius 3 is 2.86 bits per heavy atom. The van der Waals surface area contributed by atoms with Crippen LogP contribution in [0.5, 0.6) is 0 Å². The normalized spacial score (nSPS) is 19.3. The highest BCUT2D eigenvalue weighted by Gasteiger charge is 2.29. The summed E-state index contributed by atoms with van der Waals surface area (Å²) < 4.78 is 1.96. The fourth-order valence-electron chi connectivity index (χ4n) is 2.79. The second-order valence-corrected chi connectivity index (χ2v) is 5.59. The molecule has 1 fully saturated rings. The lowest BCUT2D eigenvalue weighted by molar-refractivity contribution is 0.136. The average Bonchev–Trinajstić information content (AvgIpc) is 2.79. The molecule has 0 saturated carbocycles. The molecule has 21 heavy (non-hydrogen) atoms. The zero-order valence-corrected chi connectivity index (χ0v) is 12.6. The van der Waals surface area contributed by atoms with Crippen molar-refractivity contribution in [1.82, 2.24) is 19.4 Å². The third kappa shape index (κ3) is 2.37. The molecule has 0 bridgehead atoms. The number of aryl methyl sites for hydroxylation is 1. The standard InChI is InChI=1S/C13H16ClN5O2/c1-8-7-18(13(20)21)5-6-19(8)11-10-9(3-4-17(10)2)15-12(14)16-11/h3-4,8H,5-7H2,1-2H3,(H,20,21)/t8-/m0/s1. The molecular formula is C13H16ClN5O2. The number of aromatic nitrogens is 3. The third-order valence-electron chi connectivity index (χ3n) is 3.84. The van der Waals surface area contributed by atoms with Crippen LogP contribution in [0.3, 0.4) is 0 Å². The van der Waals surface area contributed by atoms with E-state index in [9.17, 15) is 4.79 Å². The second-order valence-electron chi connectivity index (χ2n) is 5.25.